The average Bonchev–Trinajstić information content (AvgIpc) is 2.55. The Hall–Kier alpha value is -2.40. The summed E-state index contributed by atoms with van der Waals surface area (Å²) in [6.07, 6.45) is -0.288. The Labute approximate surface area is 127 Å². The lowest BCUT2D eigenvalue weighted by molar-refractivity contribution is -0.0229. The third-order valence-corrected chi connectivity index (χ3v) is 3.73. The van der Waals surface area contributed by atoms with Gasteiger partial charge < -0.3 is 14.7 Å². The zero-order valence-corrected chi connectivity index (χ0v) is 11.9. The van der Waals surface area contributed by atoms with Gasteiger partial charge in [-0.1, -0.05) is 24.3 Å². The van der Waals surface area contributed by atoms with Gasteiger partial charge in [-0.05, 0) is 29.8 Å². The Morgan fingerprint density at radius 3 is 2.64 bits per heavy atom. The molecule has 0 aromatic heterocycles. The van der Waals surface area contributed by atoms with Crippen LogP contribution in [0.2, 0.25) is 0 Å². The number of para-hydroxylation sites is 1. The van der Waals surface area contributed by atoms with Gasteiger partial charge in [-0.15, -0.1) is 0 Å². The quantitative estimate of drug-likeness (QED) is 0.928. The minimum atomic E-state index is -0.304. The molecule has 0 unspecified atom stereocenters. The predicted octanol–water partition coefficient (Wildman–Crippen LogP) is 2.75. The summed E-state index contributed by atoms with van der Waals surface area (Å²) in [5, 5.41) is 9.80. The summed E-state index contributed by atoms with van der Waals surface area (Å²) in [6, 6.07) is 12.6. The van der Waals surface area contributed by atoms with E-state index in [-0.39, 0.29) is 29.1 Å². The van der Waals surface area contributed by atoms with Crippen molar-refractivity contribution in [1.82, 2.24) is 4.90 Å². The number of morpholine rings is 1. The maximum atomic E-state index is 13.0. The number of hydrogen-bond donors (Lipinski definition) is 1. The van der Waals surface area contributed by atoms with Gasteiger partial charge in [0.1, 0.15) is 17.7 Å². The van der Waals surface area contributed by atoms with Gasteiger partial charge >= 0.3 is 0 Å². The Morgan fingerprint density at radius 1 is 1.18 bits per heavy atom. The number of benzene rings is 2. The second-order valence-electron chi connectivity index (χ2n) is 5.18. The molecule has 4 nitrogen and oxygen atoms in total. The van der Waals surface area contributed by atoms with E-state index in [2.05, 4.69) is 0 Å². The fourth-order valence-electron chi connectivity index (χ4n) is 2.54. The van der Waals surface area contributed by atoms with E-state index in [0.717, 1.165) is 5.56 Å². The number of rotatable bonds is 2. The number of phenolic OH excluding ortho intramolecular Hbond substituents is 1. The molecule has 0 radical (unpaired) electrons. The highest BCUT2D eigenvalue weighted by Crippen LogP contribution is 2.25. The summed E-state index contributed by atoms with van der Waals surface area (Å²) < 4.78 is 18.7. The molecule has 114 valence electrons. The molecule has 22 heavy (non-hydrogen) atoms. The van der Waals surface area contributed by atoms with Crippen LogP contribution in [0.4, 0.5) is 4.39 Å². The number of halogens is 1. The van der Waals surface area contributed by atoms with Crippen LogP contribution in [-0.2, 0) is 4.74 Å². The average molecular weight is 301 g/mol. The molecule has 3 rings (SSSR count). The van der Waals surface area contributed by atoms with Crippen molar-refractivity contribution in [3.05, 3.63) is 65.5 Å². The molecule has 5 heteroatoms. The van der Waals surface area contributed by atoms with Crippen molar-refractivity contribution >= 4 is 5.91 Å². The maximum Gasteiger partial charge on any atom is 0.257 e. The highest BCUT2D eigenvalue weighted by atomic mass is 19.1. The smallest absolute Gasteiger partial charge is 0.257 e. The topological polar surface area (TPSA) is 49.8 Å². The summed E-state index contributed by atoms with van der Waals surface area (Å²) in [7, 11) is 0. The first kappa shape index (κ1) is 14.5. The first-order valence-electron chi connectivity index (χ1n) is 7.09. The molecule has 0 bridgehead atoms. The molecule has 1 aliphatic rings. The van der Waals surface area contributed by atoms with Crippen LogP contribution < -0.4 is 0 Å². The van der Waals surface area contributed by atoms with Crippen molar-refractivity contribution in [3.8, 4) is 5.75 Å². The van der Waals surface area contributed by atoms with Gasteiger partial charge in [0.15, 0.2) is 0 Å². The van der Waals surface area contributed by atoms with Crippen molar-refractivity contribution < 1.29 is 19.0 Å². The first-order chi connectivity index (χ1) is 10.6. The molecule has 1 saturated heterocycles. The minimum Gasteiger partial charge on any atom is -0.507 e. The second kappa shape index (κ2) is 6.15. The predicted molar refractivity (Wildman–Crippen MR) is 79.1 cm³/mol. The molecule has 1 amide bonds. The van der Waals surface area contributed by atoms with Crippen LogP contribution in [0.5, 0.6) is 5.75 Å². The third-order valence-electron chi connectivity index (χ3n) is 3.73. The van der Waals surface area contributed by atoms with E-state index in [1.807, 2.05) is 0 Å². The number of carbonyl (C=O) groups excluding carboxylic acids is 1. The lowest BCUT2D eigenvalue weighted by atomic mass is 10.1. The summed E-state index contributed by atoms with van der Waals surface area (Å²) in [5.41, 5.74) is 1.11. The largest absolute Gasteiger partial charge is 0.507 e. The van der Waals surface area contributed by atoms with E-state index in [1.165, 1.54) is 18.2 Å². The number of phenols is 1. The van der Waals surface area contributed by atoms with Crippen molar-refractivity contribution in [2.75, 3.05) is 19.7 Å². The van der Waals surface area contributed by atoms with Crippen LogP contribution in [0.1, 0.15) is 22.0 Å². The first-order valence-corrected chi connectivity index (χ1v) is 7.09. The fourth-order valence-corrected chi connectivity index (χ4v) is 2.54. The molecule has 0 spiro atoms. The fraction of sp³-hybridized carbons (Fsp3) is 0.235. The number of aromatic hydroxyl groups is 1. The van der Waals surface area contributed by atoms with E-state index in [4.69, 9.17) is 4.74 Å². The molecular formula is C17H16FNO3. The van der Waals surface area contributed by atoms with Crippen molar-refractivity contribution in [1.29, 1.82) is 0 Å². The monoisotopic (exact) mass is 301 g/mol. The normalized spacial score (nSPS) is 18.2. The van der Waals surface area contributed by atoms with Crippen LogP contribution in [0, 0.1) is 5.82 Å². The molecule has 0 aliphatic carbocycles. The zero-order chi connectivity index (χ0) is 15.5. The van der Waals surface area contributed by atoms with E-state index >= 15 is 0 Å². The summed E-state index contributed by atoms with van der Waals surface area (Å²) in [5.74, 6) is -0.562. The summed E-state index contributed by atoms with van der Waals surface area (Å²) in [6.45, 7) is 1.24. The Balaban J connectivity index is 1.77. The van der Waals surface area contributed by atoms with Gasteiger partial charge in [-0.3, -0.25) is 4.79 Å². The van der Waals surface area contributed by atoms with Crippen LogP contribution in [0.3, 0.4) is 0 Å². The van der Waals surface area contributed by atoms with Crippen LogP contribution >= 0.6 is 0 Å². The highest BCUT2D eigenvalue weighted by Gasteiger charge is 2.27. The molecule has 1 aliphatic heterocycles. The van der Waals surface area contributed by atoms with Crippen molar-refractivity contribution in [2.45, 2.75) is 6.10 Å². The maximum absolute atomic E-state index is 13.0. The van der Waals surface area contributed by atoms with Gasteiger partial charge in [0.05, 0.1) is 18.7 Å². The second-order valence-corrected chi connectivity index (χ2v) is 5.18. The lowest BCUT2D eigenvalue weighted by Crippen LogP contribution is -2.42. The Bertz CT molecular complexity index is 672. The van der Waals surface area contributed by atoms with Crippen molar-refractivity contribution in [3.63, 3.8) is 0 Å². The molecule has 1 atom stereocenters. The highest BCUT2D eigenvalue weighted by molar-refractivity contribution is 5.96. The number of hydrogen-bond acceptors (Lipinski definition) is 3. The third kappa shape index (κ3) is 2.94. The van der Waals surface area contributed by atoms with Gasteiger partial charge in [-0.25, -0.2) is 4.39 Å². The van der Waals surface area contributed by atoms with Gasteiger partial charge in [0.25, 0.3) is 5.91 Å². The van der Waals surface area contributed by atoms with E-state index in [0.29, 0.717) is 19.7 Å². The van der Waals surface area contributed by atoms with Crippen LogP contribution in [0.15, 0.2) is 48.5 Å². The Kier molecular flexibility index (Phi) is 4.06. The molecular weight excluding hydrogens is 285 g/mol. The number of ether oxygens (including phenoxy) is 1. The minimum absolute atomic E-state index is 0.0303. The molecule has 0 saturated carbocycles. The van der Waals surface area contributed by atoms with Gasteiger partial charge in [0.2, 0.25) is 0 Å². The van der Waals surface area contributed by atoms with Gasteiger partial charge in [-0.2, -0.15) is 0 Å². The van der Waals surface area contributed by atoms with Crippen LogP contribution in [-0.4, -0.2) is 35.6 Å². The molecule has 2 aromatic carbocycles. The molecule has 2 aromatic rings. The standard InChI is InChI=1S/C17H16FNO3/c18-13-7-5-12(6-8-13)16-11-19(9-10-22-16)17(21)14-3-1-2-4-15(14)20/h1-8,16,20H,9-11H2/t16-/m1/s1. The van der Waals surface area contributed by atoms with E-state index < -0.39 is 0 Å². The summed E-state index contributed by atoms with van der Waals surface area (Å²) >= 11 is 0. The summed E-state index contributed by atoms with van der Waals surface area (Å²) in [4.78, 5) is 14.1. The Morgan fingerprint density at radius 2 is 1.91 bits per heavy atom. The number of nitrogens with zero attached hydrogens (tertiary/aromatic N) is 1. The number of carbonyl (C=O) groups is 1. The molecule has 1 heterocycles. The van der Waals surface area contributed by atoms with E-state index in [1.54, 1.807) is 35.2 Å². The zero-order valence-electron chi connectivity index (χ0n) is 11.9. The van der Waals surface area contributed by atoms with E-state index in [9.17, 15) is 14.3 Å². The molecule has 1 N–H and O–H groups in total. The molecule has 1 fully saturated rings. The number of amides is 1. The van der Waals surface area contributed by atoms with Crippen LogP contribution in [0.25, 0.3) is 0 Å². The SMILES string of the molecule is O=C(c1ccccc1O)N1CCO[C@@H](c2ccc(F)cc2)C1. The lowest BCUT2D eigenvalue weighted by Gasteiger charge is -2.33. The van der Waals surface area contributed by atoms with Crippen molar-refractivity contribution in [2.24, 2.45) is 0 Å². The van der Waals surface area contributed by atoms with Gasteiger partial charge in [0, 0.05) is 6.54 Å².